The third-order valence-corrected chi connectivity index (χ3v) is 19.0. The van der Waals surface area contributed by atoms with Crippen LogP contribution in [0.15, 0.2) is 153 Å². The van der Waals surface area contributed by atoms with Gasteiger partial charge in [0, 0.05) is 28.6 Å². The molecule has 0 N–H and O–H groups in total. The fourth-order valence-electron chi connectivity index (χ4n) is 4.85. The number of rotatable bonds is 21. The predicted molar refractivity (Wildman–Crippen MR) is 253 cm³/mol. The van der Waals surface area contributed by atoms with Crippen molar-refractivity contribution in [1.82, 2.24) is 0 Å². The van der Waals surface area contributed by atoms with E-state index in [1.807, 2.05) is 84.9 Å². The minimum atomic E-state index is -0.342. The second kappa shape index (κ2) is 24.2. The Morgan fingerprint density at radius 2 is 0.655 bits per heavy atom. The molecule has 0 saturated heterocycles. The van der Waals surface area contributed by atoms with Crippen LogP contribution in [0.3, 0.4) is 0 Å². The molecule has 0 aromatic heterocycles. The van der Waals surface area contributed by atoms with Gasteiger partial charge in [0.1, 0.15) is 25.6 Å². The molecule has 4 aromatic rings. The van der Waals surface area contributed by atoms with Gasteiger partial charge in [-0.3, -0.25) is 0 Å². The Morgan fingerprint density at radius 3 is 0.948 bits per heavy atom. The second-order valence-corrected chi connectivity index (χ2v) is 21.7. The molecule has 0 fully saturated rings. The summed E-state index contributed by atoms with van der Waals surface area (Å²) in [5.41, 5.74) is 2.54. The van der Waals surface area contributed by atoms with E-state index in [4.69, 9.17) is 18.9 Å². The first-order chi connectivity index (χ1) is 28.4. The Morgan fingerprint density at radius 1 is 0.397 bits per heavy atom. The van der Waals surface area contributed by atoms with Crippen molar-refractivity contribution in [3.8, 4) is 0 Å². The Kier molecular flexibility index (Phi) is 18.5. The number of ether oxygens (including phenoxy) is 4. The molecule has 2 heterocycles. The number of hydrogen-bond acceptors (Lipinski definition) is 15. The van der Waals surface area contributed by atoms with Gasteiger partial charge in [-0.1, -0.05) is 139 Å². The minimum Gasteiger partial charge on any atom is -0.493 e. The molecular weight excluding hydrogens is 885 g/mol. The Labute approximate surface area is 373 Å². The molecule has 4 aromatic carbocycles. The summed E-state index contributed by atoms with van der Waals surface area (Å²) >= 11 is 13.7. The Hall–Kier alpha value is -3.15. The average molecular weight is 923 g/mol. The van der Waals surface area contributed by atoms with Crippen LogP contribution in [0, 0.1) is 0 Å². The molecule has 58 heavy (non-hydrogen) atoms. The molecule has 6 rings (SSSR count). The van der Waals surface area contributed by atoms with Gasteiger partial charge in [0.05, 0.1) is 48.7 Å². The van der Waals surface area contributed by atoms with Crippen molar-refractivity contribution in [1.29, 1.82) is 0 Å². The number of thioether (sulfide) groups is 8. The fourth-order valence-corrected chi connectivity index (χ4v) is 16.4. The molecule has 0 spiro atoms. The van der Waals surface area contributed by atoms with Crippen molar-refractivity contribution >= 4 is 118 Å². The first-order valence-corrected chi connectivity index (χ1v) is 25.1. The van der Waals surface area contributed by atoms with E-state index in [0.29, 0.717) is 46.3 Å². The summed E-state index contributed by atoms with van der Waals surface area (Å²) in [6.07, 6.45) is 0. The highest BCUT2D eigenvalue weighted by Crippen LogP contribution is 2.66. The number of esters is 3. The molecule has 0 radical (unpaired) electrons. The van der Waals surface area contributed by atoms with Gasteiger partial charge in [-0.2, -0.15) is 0 Å². The van der Waals surface area contributed by atoms with Crippen molar-refractivity contribution in [2.24, 2.45) is 0 Å². The van der Waals surface area contributed by atoms with Gasteiger partial charge in [-0.25, -0.2) is 14.4 Å². The van der Waals surface area contributed by atoms with Gasteiger partial charge in [0.15, 0.2) is 0 Å². The van der Waals surface area contributed by atoms with Crippen LogP contribution in [-0.4, -0.2) is 67.3 Å². The van der Waals surface area contributed by atoms with Gasteiger partial charge in [-0.15, -0.1) is 47.0 Å². The van der Waals surface area contributed by atoms with Gasteiger partial charge in [0.2, 0.25) is 0 Å². The standard InChI is InChI=1S/C43H38O7S8/c1-30(31-14-6-2-7-15-31)47-22-26-51-38-39(52-27-23-48-35(44)32-16-8-3-9-17-32)56-42(55-38)43-57-40(53-28-24-49-36(45)33-18-10-4-11-19-33)41(58-43)54-29-25-50-37(46)34-20-12-5-13-21-34/h2-21H,1,22-29H2. The van der Waals surface area contributed by atoms with Crippen LogP contribution in [0.5, 0.6) is 0 Å². The van der Waals surface area contributed by atoms with Crippen LogP contribution in [0.25, 0.3) is 5.76 Å². The Bertz CT molecular complexity index is 1810. The molecule has 0 aliphatic carbocycles. The lowest BCUT2D eigenvalue weighted by atomic mass is 10.2. The van der Waals surface area contributed by atoms with E-state index in [9.17, 15) is 14.4 Å². The molecule has 0 unspecified atom stereocenters. The zero-order valence-electron chi connectivity index (χ0n) is 31.0. The molecule has 7 nitrogen and oxygen atoms in total. The van der Waals surface area contributed by atoms with Crippen molar-refractivity contribution in [3.63, 3.8) is 0 Å². The molecule has 0 amide bonds. The van der Waals surface area contributed by atoms with Gasteiger partial charge in [-0.05, 0) is 36.4 Å². The zero-order chi connectivity index (χ0) is 40.4. The van der Waals surface area contributed by atoms with E-state index in [-0.39, 0.29) is 37.7 Å². The van der Waals surface area contributed by atoms with Crippen LogP contribution in [-0.2, 0) is 18.9 Å². The maximum absolute atomic E-state index is 12.6. The third kappa shape index (κ3) is 14.0. The highest BCUT2D eigenvalue weighted by Gasteiger charge is 2.31. The molecule has 2 aliphatic heterocycles. The second-order valence-electron chi connectivity index (χ2n) is 11.7. The maximum Gasteiger partial charge on any atom is 0.338 e. The normalized spacial score (nSPS) is 13.8. The highest BCUT2D eigenvalue weighted by atomic mass is 32.3. The van der Waals surface area contributed by atoms with E-state index < -0.39 is 0 Å². The summed E-state index contributed by atoms with van der Waals surface area (Å²) in [4.78, 5) is 37.7. The van der Waals surface area contributed by atoms with Crippen LogP contribution >= 0.6 is 94.1 Å². The lowest BCUT2D eigenvalue weighted by Crippen LogP contribution is -2.07. The minimum absolute atomic E-state index is 0.270. The summed E-state index contributed by atoms with van der Waals surface area (Å²) in [7, 11) is 0. The summed E-state index contributed by atoms with van der Waals surface area (Å²) in [6.45, 7) is 5.43. The summed E-state index contributed by atoms with van der Waals surface area (Å²) in [5.74, 6) is 2.15. The van der Waals surface area contributed by atoms with E-state index in [2.05, 4.69) is 6.58 Å². The van der Waals surface area contributed by atoms with Crippen LogP contribution < -0.4 is 0 Å². The summed E-state index contributed by atoms with van der Waals surface area (Å²) in [6, 6.07) is 36.9. The lowest BCUT2D eigenvalue weighted by molar-refractivity contribution is 0.0521. The molecule has 0 saturated carbocycles. The van der Waals surface area contributed by atoms with E-state index in [1.54, 1.807) is 130 Å². The number of carbonyl (C=O) groups is 3. The number of carbonyl (C=O) groups excluding carboxylic acids is 3. The van der Waals surface area contributed by atoms with Crippen molar-refractivity contribution < 1.29 is 33.3 Å². The van der Waals surface area contributed by atoms with E-state index in [0.717, 1.165) is 24.0 Å². The molecule has 0 atom stereocenters. The predicted octanol–water partition coefficient (Wildman–Crippen LogP) is 12.5. The van der Waals surface area contributed by atoms with E-state index >= 15 is 0 Å². The molecule has 15 heteroatoms. The number of benzene rings is 4. The van der Waals surface area contributed by atoms with Gasteiger partial charge < -0.3 is 18.9 Å². The first kappa shape index (κ1) is 44.4. The van der Waals surface area contributed by atoms with Crippen LogP contribution in [0.2, 0.25) is 0 Å². The summed E-state index contributed by atoms with van der Waals surface area (Å²) < 4.78 is 29.7. The third-order valence-electron chi connectivity index (χ3n) is 7.61. The first-order valence-electron chi connectivity index (χ1n) is 17.9. The highest BCUT2D eigenvalue weighted by molar-refractivity contribution is 8.45. The quantitative estimate of drug-likeness (QED) is 0.0344. The van der Waals surface area contributed by atoms with Crippen molar-refractivity contribution in [2.45, 2.75) is 0 Å². The van der Waals surface area contributed by atoms with E-state index in [1.165, 1.54) is 12.7 Å². The molecular formula is C43H38O7S8. The lowest BCUT2D eigenvalue weighted by Gasteiger charge is -2.10. The maximum atomic E-state index is 12.6. The molecule has 300 valence electrons. The van der Waals surface area contributed by atoms with Crippen LogP contribution in [0.4, 0.5) is 0 Å². The largest absolute Gasteiger partial charge is 0.493 e. The van der Waals surface area contributed by atoms with Crippen molar-refractivity contribution in [2.75, 3.05) is 49.4 Å². The Balaban J connectivity index is 1.08. The summed E-state index contributed by atoms with van der Waals surface area (Å²) in [5, 5.41) is 0. The smallest absolute Gasteiger partial charge is 0.338 e. The topological polar surface area (TPSA) is 88.1 Å². The van der Waals surface area contributed by atoms with Crippen molar-refractivity contribution in [3.05, 3.63) is 176 Å². The van der Waals surface area contributed by atoms with Gasteiger partial charge in [0.25, 0.3) is 0 Å². The monoisotopic (exact) mass is 922 g/mol. The fraction of sp³-hybridized carbons (Fsp3) is 0.186. The van der Waals surface area contributed by atoms with Gasteiger partial charge >= 0.3 is 17.9 Å². The molecule has 2 aliphatic rings. The number of hydrogen-bond donors (Lipinski definition) is 0. The molecule has 0 bridgehead atoms. The average Bonchev–Trinajstić information content (AvgIpc) is 3.88. The zero-order valence-corrected chi connectivity index (χ0v) is 37.6. The van der Waals surface area contributed by atoms with Crippen LogP contribution in [0.1, 0.15) is 36.6 Å². The SMILES string of the molecule is C=C(OCCSC1=C(SCCOC(=O)c2ccccc2)SC(=C2SC(SCCOC(=O)c3ccccc3)=C(SCCOC(=O)c3ccccc3)S2)S1)c1ccccc1.